The first-order chi connectivity index (χ1) is 12.4. The fourth-order valence-corrected chi connectivity index (χ4v) is 2.71. The van der Waals surface area contributed by atoms with E-state index < -0.39 is 23.4 Å². The van der Waals surface area contributed by atoms with E-state index in [2.05, 4.69) is 0 Å². The molecule has 0 saturated heterocycles. The van der Waals surface area contributed by atoms with Crippen LogP contribution in [-0.2, 0) is 16.1 Å². The van der Waals surface area contributed by atoms with Crippen molar-refractivity contribution in [2.75, 3.05) is 0 Å². The maximum Gasteiger partial charge on any atom is 0.296 e. The Kier molecular flexibility index (Phi) is 4.75. The molecule has 6 heteroatoms. The summed E-state index contributed by atoms with van der Waals surface area (Å²) in [6.07, 6.45) is 0.00867. The predicted molar refractivity (Wildman–Crippen MR) is 93.7 cm³/mol. The third kappa shape index (κ3) is 3.44. The van der Waals surface area contributed by atoms with Crippen LogP contribution < -0.4 is 4.74 Å². The number of benzene rings is 2. The number of ether oxygens (including phenoxy) is 1. The maximum atomic E-state index is 13.0. The molecule has 1 aliphatic heterocycles. The largest absolute Gasteiger partial charge is 0.502 e. The molecule has 5 nitrogen and oxygen atoms in total. The van der Waals surface area contributed by atoms with Gasteiger partial charge in [-0.2, -0.15) is 0 Å². The third-order valence-electron chi connectivity index (χ3n) is 3.91. The topological polar surface area (TPSA) is 66.8 Å². The van der Waals surface area contributed by atoms with Crippen molar-refractivity contribution in [1.82, 2.24) is 4.90 Å². The molecule has 0 aromatic heterocycles. The summed E-state index contributed by atoms with van der Waals surface area (Å²) in [6.45, 7) is 3.75. The number of hydrogen-bond acceptors (Lipinski definition) is 4. The van der Waals surface area contributed by atoms with Crippen LogP contribution in [0.5, 0.6) is 5.75 Å². The number of aliphatic hydroxyl groups excluding tert-OH is 1. The number of amides is 2. The van der Waals surface area contributed by atoms with Gasteiger partial charge in [-0.15, -0.1) is 0 Å². The lowest BCUT2D eigenvalue weighted by molar-refractivity contribution is -0.138. The zero-order valence-electron chi connectivity index (χ0n) is 14.4. The van der Waals surface area contributed by atoms with E-state index in [-0.39, 0.29) is 18.2 Å². The van der Waals surface area contributed by atoms with E-state index >= 15 is 0 Å². The third-order valence-corrected chi connectivity index (χ3v) is 3.91. The van der Waals surface area contributed by atoms with Crippen LogP contribution in [0.15, 0.2) is 54.3 Å². The summed E-state index contributed by atoms with van der Waals surface area (Å²) < 4.78 is 18.5. The Labute approximate surface area is 150 Å². The van der Waals surface area contributed by atoms with E-state index in [0.29, 0.717) is 16.9 Å². The fourth-order valence-electron chi connectivity index (χ4n) is 2.71. The molecule has 2 aromatic carbocycles. The summed E-state index contributed by atoms with van der Waals surface area (Å²) in [5.41, 5.74) is 0.967. The van der Waals surface area contributed by atoms with E-state index in [1.165, 1.54) is 24.3 Å². The highest BCUT2D eigenvalue weighted by atomic mass is 19.1. The minimum Gasteiger partial charge on any atom is -0.502 e. The van der Waals surface area contributed by atoms with Gasteiger partial charge in [0.1, 0.15) is 11.6 Å². The van der Waals surface area contributed by atoms with Gasteiger partial charge >= 0.3 is 0 Å². The van der Waals surface area contributed by atoms with E-state index in [0.717, 1.165) is 4.90 Å². The van der Waals surface area contributed by atoms with Crippen molar-refractivity contribution >= 4 is 17.4 Å². The number of halogens is 1. The highest BCUT2D eigenvalue weighted by Crippen LogP contribution is 2.30. The predicted octanol–water partition coefficient (Wildman–Crippen LogP) is 3.45. The lowest BCUT2D eigenvalue weighted by atomic mass is 10.1. The van der Waals surface area contributed by atoms with E-state index in [1.807, 2.05) is 13.8 Å². The Morgan fingerprint density at radius 2 is 1.62 bits per heavy atom. The Morgan fingerprint density at radius 1 is 1.00 bits per heavy atom. The second kappa shape index (κ2) is 7.00. The van der Waals surface area contributed by atoms with Crippen molar-refractivity contribution in [2.24, 2.45) is 0 Å². The summed E-state index contributed by atoms with van der Waals surface area (Å²) >= 11 is 0. The Bertz CT molecular complexity index is 870. The molecular weight excluding hydrogens is 337 g/mol. The van der Waals surface area contributed by atoms with Crippen LogP contribution >= 0.6 is 0 Å². The van der Waals surface area contributed by atoms with Crippen molar-refractivity contribution < 1.29 is 23.8 Å². The molecule has 1 N–H and O–H groups in total. The highest BCUT2D eigenvalue weighted by molar-refractivity contribution is 6.34. The standard InChI is InChI=1S/C20H18FNO4/c1-12(2)26-16-9-5-14(6-10-16)17-18(23)20(25)22(19(17)24)11-13-3-7-15(21)8-4-13/h3-10,12,23H,11H2,1-2H3. The number of nitrogens with zero attached hydrogens (tertiary/aromatic N) is 1. The molecule has 1 aliphatic rings. The smallest absolute Gasteiger partial charge is 0.296 e. The van der Waals surface area contributed by atoms with Gasteiger partial charge in [0, 0.05) is 0 Å². The zero-order chi connectivity index (χ0) is 18.8. The zero-order valence-corrected chi connectivity index (χ0v) is 14.4. The quantitative estimate of drug-likeness (QED) is 0.834. The monoisotopic (exact) mass is 355 g/mol. The summed E-state index contributed by atoms with van der Waals surface area (Å²) in [5, 5.41) is 10.2. The summed E-state index contributed by atoms with van der Waals surface area (Å²) in [4.78, 5) is 25.9. The van der Waals surface area contributed by atoms with Crippen molar-refractivity contribution in [3.8, 4) is 5.75 Å². The molecule has 26 heavy (non-hydrogen) atoms. The number of carbonyl (C=O) groups is 2. The van der Waals surface area contributed by atoms with Crippen LogP contribution in [0.2, 0.25) is 0 Å². The number of hydrogen-bond donors (Lipinski definition) is 1. The first-order valence-electron chi connectivity index (χ1n) is 8.18. The molecule has 0 saturated carbocycles. The van der Waals surface area contributed by atoms with Gasteiger partial charge in [0.2, 0.25) is 0 Å². The van der Waals surface area contributed by atoms with E-state index in [4.69, 9.17) is 4.74 Å². The first kappa shape index (κ1) is 17.7. The fraction of sp³-hybridized carbons (Fsp3) is 0.200. The van der Waals surface area contributed by atoms with Crippen LogP contribution in [0.25, 0.3) is 5.57 Å². The Balaban J connectivity index is 1.83. The molecule has 0 unspecified atom stereocenters. The van der Waals surface area contributed by atoms with Crippen molar-refractivity contribution in [3.05, 3.63) is 71.2 Å². The second-order valence-corrected chi connectivity index (χ2v) is 6.24. The SMILES string of the molecule is CC(C)Oc1ccc(C2=C(O)C(=O)N(Cc3ccc(F)cc3)C2=O)cc1. The molecule has 0 bridgehead atoms. The maximum absolute atomic E-state index is 13.0. The van der Waals surface area contributed by atoms with Crippen LogP contribution in [0.4, 0.5) is 4.39 Å². The molecule has 0 aliphatic carbocycles. The molecule has 2 aromatic rings. The summed E-state index contributed by atoms with van der Waals surface area (Å²) in [7, 11) is 0. The molecule has 1 heterocycles. The molecular formula is C20H18FNO4. The normalized spacial score (nSPS) is 14.5. The number of carbonyl (C=O) groups excluding carboxylic acids is 2. The van der Waals surface area contributed by atoms with Crippen LogP contribution in [0.3, 0.4) is 0 Å². The molecule has 0 atom stereocenters. The number of rotatable bonds is 5. The second-order valence-electron chi connectivity index (χ2n) is 6.24. The highest BCUT2D eigenvalue weighted by Gasteiger charge is 2.39. The first-order valence-corrected chi connectivity index (χ1v) is 8.18. The van der Waals surface area contributed by atoms with Gasteiger partial charge in [-0.05, 0) is 49.2 Å². The van der Waals surface area contributed by atoms with Gasteiger partial charge in [-0.3, -0.25) is 14.5 Å². The molecule has 3 rings (SSSR count). The van der Waals surface area contributed by atoms with Crippen molar-refractivity contribution in [1.29, 1.82) is 0 Å². The van der Waals surface area contributed by atoms with Crippen molar-refractivity contribution in [2.45, 2.75) is 26.5 Å². The Hall–Kier alpha value is -3.15. The number of imide groups is 1. The average Bonchev–Trinajstić information content (AvgIpc) is 2.81. The van der Waals surface area contributed by atoms with Gasteiger partial charge in [0.25, 0.3) is 11.8 Å². The molecule has 0 radical (unpaired) electrons. The van der Waals surface area contributed by atoms with Gasteiger partial charge in [-0.25, -0.2) is 4.39 Å². The lowest BCUT2D eigenvalue weighted by Crippen LogP contribution is -2.31. The minimum absolute atomic E-state index is 0.00867. The van der Waals surface area contributed by atoms with Gasteiger partial charge in [-0.1, -0.05) is 24.3 Å². The molecule has 134 valence electrons. The van der Waals surface area contributed by atoms with E-state index in [1.54, 1.807) is 24.3 Å². The van der Waals surface area contributed by atoms with Gasteiger partial charge in [0.15, 0.2) is 5.76 Å². The van der Waals surface area contributed by atoms with Crippen molar-refractivity contribution in [3.63, 3.8) is 0 Å². The summed E-state index contributed by atoms with van der Waals surface area (Å²) in [6, 6.07) is 12.1. The summed E-state index contributed by atoms with van der Waals surface area (Å²) in [5.74, 6) is -1.72. The van der Waals surface area contributed by atoms with Crippen LogP contribution in [-0.4, -0.2) is 27.9 Å². The Morgan fingerprint density at radius 3 is 2.19 bits per heavy atom. The van der Waals surface area contributed by atoms with E-state index in [9.17, 15) is 19.1 Å². The molecule has 2 amide bonds. The van der Waals surface area contributed by atoms with Crippen LogP contribution in [0.1, 0.15) is 25.0 Å². The van der Waals surface area contributed by atoms with Gasteiger partial charge in [0.05, 0.1) is 18.2 Å². The van der Waals surface area contributed by atoms with Crippen LogP contribution in [0, 0.1) is 5.82 Å². The number of aliphatic hydroxyl groups is 1. The van der Waals surface area contributed by atoms with Gasteiger partial charge < -0.3 is 9.84 Å². The lowest BCUT2D eigenvalue weighted by Gasteiger charge is -2.14. The minimum atomic E-state index is -0.767. The molecule has 0 spiro atoms. The average molecular weight is 355 g/mol. The molecule has 0 fully saturated rings.